The van der Waals surface area contributed by atoms with Gasteiger partial charge in [-0.1, -0.05) is 33.3 Å². The van der Waals surface area contributed by atoms with Crippen LogP contribution in [-0.2, 0) is 4.79 Å². The number of hydrogen-bond donors (Lipinski definition) is 3. The van der Waals surface area contributed by atoms with E-state index in [4.69, 9.17) is 4.98 Å². The van der Waals surface area contributed by atoms with E-state index in [9.17, 15) is 4.79 Å². The van der Waals surface area contributed by atoms with E-state index in [0.29, 0.717) is 18.3 Å². The predicted molar refractivity (Wildman–Crippen MR) is 150 cm³/mol. The van der Waals surface area contributed by atoms with Crippen molar-refractivity contribution >= 4 is 28.3 Å². The average molecular weight is 490 g/mol. The van der Waals surface area contributed by atoms with Crippen LogP contribution in [0.3, 0.4) is 0 Å². The minimum absolute atomic E-state index is 0.179. The van der Waals surface area contributed by atoms with Crippen LogP contribution in [0.5, 0.6) is 0 Å². The number of benzene rings is 1. The topological polar surface area (TPSA) is 66.0 Å². The molecular weight excluding hydrogens is 444 g/mol. The number of pyridine rings is 1. The maximum absolute atomic E-state index is 13.2. The van der Waals surface area contributed by atoms with Crippen molar-refractivity contribution in [2.75, 3.05) is 23.7 Å². The lowest BCUT2D eigenvalue weighted by molar-refractivity contribution is -0.124. The Labute approximate surface area is 217 Å². The van der Waals surface area contributed by atoms with Crippen LogP contribution in [0.25, 0.3) is 10.9 Å². The van der Waals surface area contributed by atoms with E-state index in [2.05, 4.69) is 49.3 Å². The molecule has 1 radical (unpaired) electrons. The molecule has 4 bridgehead atoms. The minimum atomic E-state index is 0.179. The first-order valence-electron chi connectivity index (χ1n) is 14.4. The predicted octanol–water partition coefficient (Wildman–Crippen LogP) is 7.02. The maximum atomic E-state index is 13.2. The van der Waals surface area contributed by atoms with Gasteiger partial charge in [-0.25, -0.2) is 4.98 Å². The lowest BCUT2D eigenvalue weighted by atomic mass is 9.49. The van der Waals surface area contributed by atoms with E-state index in [1.54, 1.807) is 0 Å². The van der Waals surface area contributed by atoms with Crippen LogP contribution in [0.1, 0.15) is 78.6 Å². The molecule has 4 fully saturated rings. The van der Waals surface area contributed by atoms with Gasteiger partial charge in [-0.05, 0) is 111 Å². The van der Waals surface area contributed by atoms with Gasteiger partial charge in [0.1, 0.15) is 5.82 Å². The van der Waals surface area contributed by atoms with Crippen LogP contribution in [0, 0.1) is 41.5 Å². The van der Waals surface area contributed by atoms with E-state index in [1.807, 2.05) is 24.3 Å². The fourth-order valence-corrected chi connectivity index (χ4v) is 7.83. The molecule has 36 heavy (non-hydrogen) atoms. The molecule has 1 aromatic carbocycles. The van der Waals surface area contributed by atoms with Crippen molar-refractivity contribution in [3.8, 4) is 0 Å². The Bertz CT molecular complexity index is 1010. The number of carbonyl (C=O) groups excluding carboxylic acids is 1. The van der Waals surface area contributed by atoms with Gasteiger partial charge in [0.25, 0.3) is 0 Å². The highest BCUT2D eigenvalue weighted by atomic mass is 16.1. The summed E-state index contributed by atoms with van der Waals surface area (Å²) in [5, 5.41) is 11.2. The summed E-state index contributed by atoms with van der Waals surface area (Å²) in [6.07, 6.45) is 10.9. The van der Waals surface area contributed by atoms with E-state index in [1.165, 1.54) is 44.9 Å². The summed E-state index contributed by atoms with van der Waals surface area (Å²) in [7, 11) is 0. The Morgan fingerprint density at radius 3 is 2.44 bits per heavy atom. The molecule has 0 aliphatic heterocycles. The molecule has 3 N–H and O–H groups in total. The number of hydrogen-bond acceptors (Lipinski definition) is 4. The number of aromatic nitrogens is 1. The summed E-state index contributed by atoms with van der Waals surface area (Å²) in [5.41, 5.74) is 2.07. The Morgan fingerprint density at radius 2 is 1.78 bits per heavy atom. The van der Waals surface area contributed by atoms with Crippen molar-refractivity contribution in [1.82, 2.24) is 10.3 Å². The number of nitrogens with one attached hydrogen (secondary N) is 3. The number of amides is 1. The van der Waals surface area contributed by atoms with Gasteiger partial charge in [-0.2, -0.15) is 0 Å². The van der Waals surface area contributed by atoms with Gasteiger partial charge >= 0.3 is 0 Å². The van der Waals surface area contributed by atoms with Gasteiger partial charge in [-0.3, -0.25) is 4.79 Å². The lowest BCUT2D eigenvalue weighted by Gasteiger charge is -2.56. The summed E-state index contributed by atoms with van der Waals surface area (Å²) in [4.78, 5) is 18.0. The summed E-state index contributed by atoms with van der Waals surface area (Å²) in [6, 6.07) is 10.2. The molecule has 195 valence electrons. The van der Waals surface area contributed by atoms with Crippen molar-refractivity contribution in [1.29, 1.82) is 0 Å². The van der Waals surface area contributed by atoms with Crippen molar-refractivity contribution in [2.45, 2.75) is 78.6 Å². The first-order valence-corrected chi connectivity index (χ1v) is 14.4. The Morgan fingerprint density at radius 1 is 1.06 bits per heavy atom. The largest absolute Gasteiger partial charge is 0.370 e. The van der Waals surface area contributed by atoms with Gasteiger partial charge < -0.3 is 16.0 Å². The molecule has 5 nitrogen and oxygen atoms in total. The number of carbonyl (C=O) groups is 1. The SMILES string of the molecule is CCC([CH]NCCCNc1ccc2c(NC(=O)CC34CC5CC(CC(C5)C3)C4)cccc2n1)C(C)C. The monoisotopic (exact) mass is 489 g/mol. The van der Waals surface area contributed by atoms with Crippen LogP contribution in [0.2, 0.25) is 0 Å². The van der Waals surface area contributed by atoms with Gasteiger partial charge in [0.05, 0.1) is 11.2 Å². The zero-order chi connectivity index (χ0) is 25.1. The molecular formula is C31H45N4O. The number of rotatable bonds is 12. The third-order valence-electron chi connectivity index (χ3n) is 9.17. The molecule has 1 amide bonds. The third kappa shape index (κ3) is 5.88. The highest BCUT2D eigenvalue weighted by molar-refractivity contribution is 6.01. The molecule has 6 rings (SSSR count). The van der Waals surface area contributed by atoms with Crippen molar-refractivity contribution < 1.29 is 4.79 Å². The third-order valence-corrected chi connectivity index (χ3v) is 9.17. The minimum Gasteiger partial charge on any atom is -0.370 e. The van der Waals surface area contributed by atoms with E-state index >= 15 is 0 Å². The standard InChI is InChI=1S/C31H45N4O/c1-4-25(21(2)3)20-32-11-6-12-33-29-10-9-26-27(34-29)7-5-8-28(26)35-30(36)19-31-16-22-13-23(17-31)15-24(14-22)18-31/h5,7-10,20-25,32H,4,6,11-19H2,1-3H3,(H,33,34)(H,35,36). The lowest BCUT2D eigenvalue weighted by Crippen LogP contribution is -2.47. The van der Waals surface area contributed by atoms with Crippen LogP contribution >= 0.6 is 0 Å². The quantitative estimate of drug-likeness (QED) is 0.280. The molecule has 4 saturated carbocycles. The molecule has 1 unspecified atom stereocenters. The zero-order valence-electron chi connectivity index (χ0n) is 22.5. The van der Waals surface area contributed by atoms with E-state index in [0.717, 1.165) is 59.7 Å². The summed E-state index contributed by atoms with van der Waals surface area (Å²) in [6.45, 7) is 10.9. The van der Waals surface area contributed by atoms with Gasteiger partial charge in [0.2, 0.25) is 5.91 Å². The zero-order valence-corrected chi connectivity index (χ0v) is 22.5. The molecule has 1 heterocycles. The van der Waals surface area contributed by atoms with Crippen LogP contribution in [0.15, 0.2) is 30.3 Å². The summed E-state index contributed by atoms with van der Waals surface area (Å²) in [5.74, 6) is 4.99. The van der Waals surface area contributed by atoms with Crippen LogP contribution < -0.4 is 16.0 Å². The second-order valence-corrected chi connectivity index (χ2v) is 12.4. The number of anilines is 2. The van der Waals surface area contributed by atoms with Crippen LogP contribution in [-0.4, -0.2) is 24.0 Å². The molecule has 1 aromatic heterocycles. The highest BCUT2D eigenvalue weighted by Crippen LogP contribution is 2.61. The van der Waals surface area contributed by atoms with Crippen molar-refractivity contribution in [3.63, 3.8) is 0 Å². The Hall–Kier alpha value is -2.14. The first-order chi connectivity index (χ1) is 17.4. The summed E-state index contributed by atoms with van der Waals surface area (Å²) < 4.78 is 0. The normalized spacial score (nSPS) is 27.5. The molecule has 4 aliphatic carbocycles. The first kappa shape index (κ1) is 25.5. The van der Waals surface area contributed by atoms with Crippen molar-refractivity contribution in [3.05, 3.63) is 36.9 Å². The molecule has 1 atom stereocenters. The molecule has 2 aromatic rings. The Kier molecular flexibility index (Phi) is 7.85. The summed E-state index contributed by atoms with van der Waals surface area (Å²) >= 11 is 0. The number of nitrogens with zero attached hydrogens (tertiary/aromatic N) is 1. The second-order valence-electron chi connectivity index (χ2n) is 12.4. The smallest absolute Gasteiger partial charge is 0.224 e. The van der Waals surface area contributed by atoms with Crippen LogP contribution in [0.4, 0.5) is 11.5 Å². The Balaban J connectivity index is 1.13. The van der Waals surface area contributed by atoms with Gasteiger partial charge in [0.15, 0.2) is 0 Å². The van der Waals surface area contributed by atoms with E-state index in [-0.39, 0.29) is 11.3 Å². The molecule has 0 saturated heterocycles. The van der Waals surface area contributed by atoms with Gasteiger partial charge in [-0.15, -0.1) is 0 Å². The van der Waals surface area contributed by atoms with E-state index < -0.39 is 0 Å². The van der Waals surface area contributed by atoms with Crippen molar-refractivity contribution in [2.24, 2.45) is 35.0 Å². The second kappa shape index (κ2) is 11.1. The molecule has 0 spiro atoms. The maximum Gasteiger partial charge on any atom is 0.224 e. The molecule has 4 aliphatic rings. The van der Waals surface area contributed by atoms with Gasteiger partial charge in [0, 0.05) is 24.9 Å². The number of fused-ring (bicyclic) bond motifs is 1. The fourth-order valence-electron chi connectivity index (χ4n) is 7.83. The highest BCUT2D eigenvalue weighted by Gasteiger charge is 2.51. The molecule has 5 heteroatoms. The fraction of sp³-hybridized carbons (Fsp3) is 0.645. The average Bonchev–Trinajstić information content (AvgIpc) is 2.82.